The number of nitrogens with zero attached hydrogens (tertiary/aromatic N) is 3. The highest BCUT2D eigenvalue weighted by Crippen LogP contribution is 2.21. The number of benzene rings is 1. The van der Waals surface area contributed by atoms with Crippen LogP contribution in [0.4, 0.5) is 5.69 Å². The smallest absolute Gasteiger partial charge is 0.160 e. The molecule has 98 valence electrons. The van der Waals surface area contributed by atoms with Crippen molar-refractivity contribution in [3.63, 3.8) is 0 Å². The molecule has 1 aromatic carbocycles. The van der Waals surface area contributed by atoms with Crippen LogP contribution in [-0.2, 0) is 0 Å². The standard InChI is InChI=1S/C16H14N4/c1-11-10-15(14-4-2-3-9-18-14)20-16(19-11)12-5-7-13(17)8-6-12/h2-10H,17H2,1H3. The van der Waals surface area contributed by atoms with Gasteiger partial charge in [0.2, 0.25) is 0 Å². The van der Waals surface area contributed by atoms with E-state index in [0.29, 0.717) is 5.82 Å². The zero-order valence-corrected chi connectivity index (χ0v) is 11.1. The minimum absolute atomic E-state index is 0.686. The number of nitrogens with two attached hydrogens (primary N) is 1. The second-order valence-corrected chi connectivity index (χ2v) is 4.56. The molecule has 0 saturated heterocycles. The molecule has 4 nitrogen and oxygen atoms in total. The summed E-state index contributed by atoms with van der Waals surface area (Å²) in [7, 11) is 0. The average molecular weight is 262 g/mol. The van der Waals surface area contributed by atoms with Gasteiger partial charge in [0.15, 0.2) is 5.82 Å². The molecule has 2 aromatic heterocycles. The molecule has 0 aliphatic carbocycles. The predicted molar refractivity (Wildman–Crippen MR) is 79.8 cm³/mol. The van der Waals surface area contributed by atoms with E-state index in [1.165, 1.54) is 0 Å². The van der Waals surface area contributed by atoms with Crippen molar-refractivity contribution >= 4 is 5.69 Å². The monoisotopic (exact) mass is 262 g/mol. The Morgan fingerprint density at radius 1 is 0.900 bits per heavy atom. The molecule has 0 fully saturated rings. The molecule has 4 heteroatoms. The quantitative estimate of drug-likeness (QED) is 0.721. The summed E-state index contributed by atoms with van der Waals surface area (Å²) in [5.74, 6) is 0.686. The number of rotatable bonds is 2. The Morgan fingerprint density at radius 2 is 1.70 bits per heavy atom. The van der Waals surface area contributed by atoms with Gasteiger partial charge >= 0.3 is 0 Å². The van der Waals surface area contributed by atoms with E-state index in [1.807, 2.05) is 55.5 Å². The Balaban J connectivity index is 2.09. The Kier molecular flexibility index (Phi) is 3.13. The maximum atomic E-state index is 5.70. The van der Waals surface area contributed by atoms with Gasteiger partial charge in [-0.3, -0.25) is 4.98 Å². The van der Waals surface area contributed by atoms with Crippen molar-refractivity contribution < 1.29 is 0 Å². The van der Waals surface area contributed by atoms with Crippen molar-refractivity contribution in [3.8, 4) is 22.8 Å². The van der Waals surface area contributed by atoms with Crippen molar-refractivity contribution in [2.75, 3.05) is 5.73 Å². The van der Waals surface area contributed by atoms with Gasteiger partial charge in [-0.05, 0) is 49.4 Å². The minimum atomic E-state index is 0.686. The molecule has 0 spiro atoms. The van der Waals surface area contributed by atoms with E-state index in [4.69, 9.17) is 5.73 Å². The predicted octanol–water partition coefficient (Wildman–Crippen LogP) is 3.10. The lowest BCUT2D eigenvalue weighted by molar-refractivity contribution is 1.10. The number of hydrogen-bond donors (Lipinski definition) is 1. The Bertz CT molecular complexity index is 721. The normalized spacial score (nSPS) is 10.4. The van der Waals surface area contributed by atoms with Crippen LogP contribution in [-0.4, -0.2) is 15.0 Å². The molecule has 2 N–H and O–H groups in total. The second kappa shape index (κ2) is 5.09. The van der Waals surface area contributed by atoms with Crippen molar-refractivity contribution in [1.82, 2.24) is 15.0 Å². The number of aryl methyl sites for hydroxylation is 1. The number of aromatic nitrogens is 3. The minimum Gasteiger partial charge on any atom is -0.399 e. The Hall–Kier alpha value is -2.75. The molecule has 0 unspecified atom stereocenters. The van der Waals surface area contributed by atoms with Crippen molar-refractivity contribution in [1.29, 1.82) is 0 Å². The molecule has 20 heavy (non-hydrogen) atoms. The average Bonchev–Trinajstić information content (AvgIpc) is 2.48. The third kappa shape index (κ3) is 2.49. The fraction of sp³-hybridized carbons (Fsp3) is 0.0625. The summed E-state index contributed by atoms with van der Waals surface area (Å²) in [5.41, 5.74) is 9.95. The fourth-order valence-electron chi connectivity index (χ4n) is 1.98. The third-order valence-electron chi connectivity index (χ3n) is 2.95. The van der Waals surface area contributed by atoms with E-state index >= 15 is 0 Å². The van der Waals surface area contributed by atoms with E-state index in [9.17, 15) is 0 Å². The lowest BCUT2D eigenvalue weighted by Crippen LogP contribution is -1.96. The summed E-state index contributed by atoms with van der Waals surface area (Å²) in [5, 5.41) is 0. The maximum absolute atomic E-state index is 5.70. The number of hydrogen-bond acceptors (Lipinski definition) is 4. The second-order valence-electron chi connectivity index (χ2n) is 4.56. The van der Waals surface area contributed by atoms with E-state index in [1.54, 1.807) is 6.20 Å². The summed E-state index contributed by atoms with van der Waals surface area (Å²) in [6, 6.07) is 15.3. The summed E-state index contributed by atoms with van der Waals surface area (Å²) in [6.45, 7) is 1.95. The van der Waals surface area contributed by atoms with E-state index < -0.39 is 0 Å². The molecule has 3 aromatic rings. The molecular weight excluding hydrogens is 248 g/mol. The Labute approximate surface area is 117 Å². The van der Waals surface area contributed by atoms with Gasteiger partial charge in [-0.1, -0.05) is 6.07 Å². The zero-order valence-electron chi connectivity index (χ0n) is 11.1. The van der Waals surface area contributed by atoms with Crippen LogP contribution in [0.2, 0.25) is 0 Å². The largest absolute Gasteiger partial charge is 0.399 e. The topological polar surface area (TPSA) is 64.7 Å². The van der Waals surface area contributed by atoms with E-state index in [-0.39, 0.29) is 0 Å². The lowest BCUT2D eigenvalue weighted by atomic mass is 10.1. The van der Waals surface area contributed by atoms with Gasteiger partial charge in [-0.2, -0.15) is 0 Å². The van der Waals surface area contributed by atoms with Crippen LogP contribution in [0.15, 0.2) is 54.7 Å². The highest BCUT2D eigenvalue weighted by Gasteiger charge is 2.07. The highest BCUT2D eigenvalue weighted by atomic mass is 14.9. The first-order valence-corrected chi connectivity index (χ1v) is 6.35. The molecule has 0 bridgehead atoms. The van der Waals surface area contributed by atoms with Crippen LogP contribution in [0, 0.1) is 6.92 Å². The first kappa shape index (κ1) is 12.3. The first-order valence-electron chi connectivity index (χ1n) is 6.35. The SMILES string of the molecule is Cc1cc(-c2ccccn2)nc(-c2ccc(N)cc2)n1. The summed E-state index contributed by atoms with van der Waals surface area (Å²) in [4.78, 5) is 13.4. The fourth-order valence-corrected chi connectivity index (χ4v) is 1.98. The molecule has 0 saturated carbocycles. The molecule has 3 rings (SSSR count). The first-order chi connectivity index (χ1) is 9.72. The molecule has 0 atom stereocenters. The van der Waals surface area contributed by atoms with Crippen LogP contribution >= 0.6 is 0 Å². The molecule has 2 heterocycles. The molecule has 0 aliphatic heterocycles. The van der Waals surface area contributed by atoms with E-state index in [2.05, 4.69) is 15.0 Å². The van der Waals surface area contributed by atoms with Gasteiger partial charge in [0.1, 0.15) is 0 Å². The summed E-state index contributed by atoms with van der Waals surface area (Å²) < 4.78 is 0. The molecular formula is C16H14N4. The van der Waals surface area contributed by atoms with Crippen molar-refractivity contribution in [2.24, 2.45) is 0 Å². The molecule has 0 aliphatic rings. The van der Waals surface area contributed by atoms with Gasteiger partial charge in [0.05, 0.1) is 11.4 Å². The summed E-state index contributed by atoms with van der Waals surface area (Å²) >= 11 is 0. The van der Waals surface area contributed by atoms with Gasteiger partial charge in [0, 0.05) is 23.1 Å². The molecule has 0 amide bonds. The van der Waals surface area contributed by atoms with Crippen LogP contribution in [0.3, 0.4) is 0 Å². The highest BCUT2D eigenvalue weighted by molar-refractivity contribution is 5.63. The van der Waals surface area contributed by atoms with Gasteiger partial charge in [0.25, 0.3) is 0 Å². The van der Waals surface area contributed by atoms with Crippen LogP contribution in [0.5, 0.6) is 0 Å². The van der Waals surface area contributed by atoms with Crippen molar-refractivity contribution in [3.05, 3.63) is 60.4 Å². The van der Waals surface area contributed by atoms with Crippen molar-refractivity contribution in [2.45, 2.75) is 6.92 Å². The van der Waals surface area contributed by atoms with Crippen LogP contribution in [0.25, 0.3) is 22.8 Å². The third-order valence-corrected chi connectivity index (χ3v) is 2.95. The van der Waals surface area contributed by atoms with E-state index in [0.717, 1.165) is 28.3 Å². The number of pyridine rings is 1. The van der Waals surface area contributed by atoms with Gasteiger partial charge < -0.3 is 5.73 Å². The van der Waals surface area contributed by atoms with Gasteiger partial charge in [-0.25, -0.2) is 9.97 Å². The zero-order chi connectivity index (χ0) is 13.9. The van der Waals surface area contributed by atoms with Crippen LogP contribution in [0.1, 0.15) is 5.69 Å². The van der Waals surface area contributed by atoms with Gasteiger partial charge in [-0.15, -0.1) is 0 Å². The molecule has 0 radical (unpaired) electrons. The summed E-state index contributed by atoms with van der Waals surface area (Å²) in [6.07, 6.45) is 1.76. The number of anilines is 1. The maximum Gasteiger partial charge on any atom is 0.160 e. The van der Waals surface area contributed by atoms with Crippen LogP contribution < -0.4 is 5.73 Å². The number of nitrogen functional groups attached to an aromatic ring is 1. The lowest BCUT2D eigenvalue weighted by Gasteiger charge is -2.06. The Morgan fingerprint density at radius 3 is 2.40 bits per heavy atom.